The second kappa shape index (κ2) is 7.18. The van der Waals surface area contributed by atoms with Crippen molar-refractivity contribution < 1.29 is 9.21 Å². The summed E-state index contributed by atoms with van der Waals surface area (Å²) in [5.74, 6) is 0.638. The number of alkyl halides is 1. The number of imidazole rings is 1. The number of nitrogens with zero attached hydrogens (tertiary/aromatic N) is 5. The maximum Gasteiger partial charge on any atom is 0.292 e. The van der Waals surface area contributed by atoms with Crippen LogP contribution >= 0.6 is 22.6 Å². The highest BCUT2D eigenvalue weighted by Gasteiger charge is 2.38. The highest BCUT2D eigenvalue weighted by Crippen LogP contribution is 2.36. The summed E-state index contributed by atoms with van der Waals surface area (Å²) in [6.45, 7) is 8.41. The summed E-state index contributed by atoms with van der Waals surface area (Å²) in [6, 6.07) is 5.66. The van der Waals surface area contributed by atoms with Gasteiger partial charge in [-0.05, 0) is 45.4 Å². The van der Waals surface area contributed by atoms with Crippen molar-refractivity contribution in [3.8, 4) is 0 Å². The van der Waals surface area contributed by atoms with Crippen LogP contribution < -0.4 is 0 Å². The number of amides is 1. The molecule has 1 atom stereocenters. The van der Waals surface area contributed by atoms with E-state index in [2.05, 4.69) is 50.5 Å². The van der Waals surface area contributed by atoms with Gasteiger partial charge >= 0.3 is 0 Å². The Morgan fingerprint density at radius 2 is 2.16 bits per heavy atom. The Morgan fingerprint density at radius 3 is 2.87 bits per heavy atom. The molecule has 0 aliphatic carbocycles. The molecule has 8 nitrogen and oxygen atoms in total. The van der Waals surface area contributed by atoms with E-state index in [1.54, 1.807) is 11.2 Å². The van der Waals surface area contributed by atoms with E-state index in [1.165, 1.54) is 0 Å². The molecule has 31 heavy (non-hydrogen) atoms. The SMILES string of the molecule is Cc1nc(C(C)(C)I)oc1C(=O)N1CCc2[nH]cnc2[C@H]1c1cc2c(C)cccn2n1. The van der Waals surface area contributed by atoms with Crippen molar-refractivity contribution in [3.63, 3.8) is 0 Å². The topological polar surface area (TPSA) is 92.3 Å². The molecular formula is C22H23IN6O2. The summed E-state index contributed by atoms with van der Waals surface area (Å²) in [4.78, 5) is 27.8. The molecule has 4 aromatic heterocycles. The number of oxazole rings is 1. The second-order valence-electron chi connectivity index (χ2n) is 8.41. The summed E-state index contributed by atoms with van der Waals surface area (Å²) in [7, 11) is 0. The lowest BCUT2D eigenvalue weighted by atomic mass is 9.99. The van der Waals surface area contributed by atoms with Gasteiger partial charge in [-0.3, -0.25) is 4.79 Å². The molecule has 1 amide bonds. The number of hydrogen-bond acceptors (Lipinski definition) is 5. The van der Waals surface area contributed by atoms with Gasteiger partial charge < -0.3 is 14.3 Å². The number of H-pyrrole nitrogens is 1. The Bertz CT molecular complexity index is 1300. The summed E-state index contributed by atoms with van der Waals surface area (Å²) < 4.78 is 7.51. The van der Waals surface area contributed by atoms with Crippen LogP contribution in [0.2, 0.25) is 0 Å². The van der Waals surface area contributed by atoms with E-state index < -0.39 is 6.04 Å². The average molecular weight is 530 g/mol. The first kappa shape index (κ1) is 20.2. The smallest absolute Gasteiger partial charge is 0.292 e. The maximum atomic E-state index is 13.7. The molecule has 1 aliphatic heterocycles. The second-order valence-corrected chi connectivity index (χ2v) is 11.1. The Labute approximate surface area is 193 Å². The summed E-state index contributed by atoms with van der Waals surface area (Å²) in [6.07, 6.45) is 4.30. The van der Waals surface area contributed by atoms with E-state index in [1.807, 2.05) is 43.6 Å². The van der Waals surface area contributed by atoms with Gasteiger partial charge in [0.25, 0.3) is 5.91 Å². The van der Waals surface area contributed by atoms with E-state index in [-0.39, 0.29) is 15.1 Å². The number of fused-ring (bicyclic) bond motifs is 2. The number of carbonyl (C=O) groups is 1. The lowest BCUT2D eigenvalue weighted by Gasteiger charge is -2.33. The number of halogens is 1. The summed E-state index contributed by atoms with van der Waals surface area (Å²) in [5.41, 5.74) is 5.37. The molecule has 1 N–H and O–H groups in total. The predicted molar refractivity (Wildman–Crippen MR) is 123 cm³/mol. The van der Waals surface area contributed by atoms with Crippen LogP contribution in [0.4, 0.5) is 0 Å². The van der Waals surface area contributed by atoms with Crippen LogP contribution in [0.3, 0.4) is 0 Å². The summed E-state index contributed by atoms with van der Waals surface area (Å²) in [5, 5.41) is 4.79. The predicted octanol–water partition coefficient (Wildman–Crippen LogP) is 4.12. The Hall–Kier alpha value is -2.69. The molecule has 0 radical (unpaired) electrons. The van der Waals surface area contributed by atoms with E-state index in [0.717, 1.165) is 28.2 Å². The first-order valence-electron chi connectivity index (χ1n) is 10.2. The van der Waals surface area contributed by atoms with Crippen LogP contribution in [-0.2, 0) is 9.84 Å². The Balaban J connectivity index is 1.61. The number of aromatic nitrogens is 5. The quantitative estimate of drug-likeness (QED) is 0.318. The first-order chi connectivity index (χ1) is 14.7. The minimum Gasteiger partial charge on any atom is -0.434 e. The Morgan fingerprint density at radius 1 is 1.35 bits per heavy atom. The lowest BCUT2D eigenvalue weighted by molar-refractivity contribution is 0.0650. The average Bonchev–Trinajstić information content (AvgIpc) is 3.44. The van der Waals surface area contributed by atoms with Gasteiger partial charge in [0.2, 0.25) is 11.7 Å². The van der Waals surface area contributed by atoms with Crippen molar-refractivity contribution >= 4 is 34.0 Å². The standard InChI is InChI=1S/C22H23IN6O2/c1-12-6-5-8-29-16(12)10-15(27-29)18-17-14(24-11-25-17)7-9-28(18)20(30)19-13(2)26-21(31-19)22(3,4)23/h5-6,8,10-11,18H,7,9H2,1-4H3,(H,24,25)/t18-/m1/s1. The molecule has 0 saturated heterocycles. The zero-order valence-corrected chi connectivity index (χ0v) is 20.0. The molecule has 0 fully saturated rings. The normalized spacial score (nSPS) is 16.7. The molecule has 1 aliphatic rings. The first-order valence-corrected chi connectivity index (χ1v) is 11.3. The van der Waals surface area contributed by atoms with Gasteiger partial charge in [-0.25, -0.2) is 14.5 Å². The molecule has 0 saturated carbocycles. The largest absolute Gasteiger partial charge is 0.434 e. The fraction of sp³-hybridized carbons (Fsp3) is 0.364. The van der Waals surface area contributed by atoms with Gasteiger partial charge in [0.05, 0.1) is 32.3 Å². The van der Waals surface area contributed by atoms with Crippen molar-refractivity contribution in [2.75, 3.05) is 6.54 Å². The third kappa shape index (κ3) is 3.35. The van der Waals surface area contributed by atoms with Crippen molar-refractivity contribution in [3.05, 3.63) is 70.7 Å². The zero-order valence-electron chi connectivity index (χ0n) is 17.8. The number of rotatable bonds is 3. The van der Waals surface area contributed by atoms with Crippen LogP contribution in [0, 0.1) is 13.8 Å². The molecule has 0 aromatic carbocycles. The van der Waals surface area contributed by atoms with Crippen LogP contribution in [0.1, 0.15) is 64.7 Å². The highest BCUT2D eigenvalue weighted by molar-refractivity contribution is 14.1. The van der Waals surface area contributed by atoms with Crippen LogP contribution in [0.25, 0.3) is 5.52 Å². The number of pyridine rings is 1. The van der Waals surface area contributed by atoms with Crippen molar-refractivity contribution in [2.45, 2.75) is 43.6 Å². The third-order valence-corrected chi connectivity index (χ3v) is 6.16. The van der Waals surface area contributed by atoms with Crippen LogP contribution in [0.5, 0.6) is 0 Å². The highest BCUT2D eigenvalue weighted by atomic mass is 127. The Kier molecular flexibility index (Phi) is 4.68. The van der Waals surface area contributed by atoms with Gasteiger partial charge in [0.1, 0.15) is 6.04 Å². The number of carbonyl (C=O) groups excluding carboxylic acids is 1. The number of aryl methyl sites for hydroxylation is 2. The van der Waals surface area contributed by atoms with Gasteiger partial charge in [-0.15, -0.1) is 0 Å². The third-order valence-electron chi connectivity index (χ3n) is 5.70. The molecule has 0 unspecified atom stereocenters. The number of nitrogens with one attached hydrogen (secondary N) is 1. The van der Waals surface area contributed by atoms with E-state index in [0.29, 0.717) is 24.6 Å². The zero-order chi connectivity index (χ0) is 21.9. The molecule has 4 aromatic rings. The minimum atomic E-state index is -0.401. The number of hydrogen-bond donors (Lipinski definition) is 1. The molecule has 0 spiro atoms. The molecule has 0 bridgehead atoms. The maximum absolute atomic E-state index is 13.7. The van der Waals surface area contributed by atoms with E-state index in [9.17, 15) is 4.79 Å². The fourth-order valence-electron chi connectivity index (χ4n) is 4.08. The van der Waals surface area contributed by atoms with E-state index in [4.69, 9.17) is 9.52 Å². The molecule has 5 heterocycles. The van der Waals surface area contributed by atoms with E-state index >= 15 is 0 Å². The van der Waals surface area contributed by atoms with Crippen molar-refractivity contribution in [2.24, 2.45) is 0 Å². The van der Waals surface area contributed by atoms with Gasteiger partial charge in [0.15, 0.2) is 0 Å². The van der Waals surface area contributed by atoms with Gasteiger partial charge in [-0.2, -0.15) is 5.10 Å². The minimum absolute atomic E-state index is 0.190. The summed E-state index contributed by atoms with van der Waals surface area (Å²) >= 11 is 2.27. The fourth-order valence-corrected chi connectivity index (χ4v) is 4.31. The molecule has 5 rings (SSSR count). The van der Waals surface area contributed by atoms with Crippen molar-refractivity contribution in [1.29, 1.82) is 0 Å². The van der Waals surface area contributed by atoms with Crippen LogP contribution in [-0.4, -0.2) is 41.9 Å². The van der Waals surface area contributed by atoms with Crippen LogP contribution in [0.15, 0.2) is 35.1 Å². The monoisotopic (exact) mass is 530 g/mol. The molecule has 9 heteroatoms. The molecular weight excluding hydrogens is 507 g/mol. The van der Waals surface area contributed by atoms with Gasteiger partial charge in [-0.1, -0.05) is 28.7 Å². The molecule has 160 valence electrons. The number of aromatic amines is 1. The lowest BCUT2D eigenvalue weighted by Crippen LogP contribution is -2.41. The van der Waals surface area contributed by atoms with Gasteiger partial charge in [0, 0.05) is 24.9 Å². The van der Waals surface area contributed by atoms with Crippen molar-refractivity contribution in [1.82, 2.24) is 29.5 Å².